The first kappa shape index (κ1) is 18.3. The molecule has 0 bridgehead atoms. The lowest BCUT2D eigenvalue weighted by molar-refractivity contribution is 0.185. The molecule has 5 nitrogen and oxygen atoms in total. The van der Waals surface area contributed by atoms with E-state index in [0.29, 0.717) is 13.1 Å². The zero-order chi connectivity index (χ0) is 16.9. The van der Waals surface area contributed by atoms with Crippen LogP contribution in [0.5, 0.6) is 0 Å². The number of rotatable bonds is 7. The molecule has 0 aromatic heterocycles. The van der Waals surface area contributed by atoms with E-state index in [1.165, 1.54) is 16.4 Å². The lowest BCUT2D eigenvalue weighted by Crippen LogP contribution is -2.53. The van der Waals surface area contributed by atoms with Gasteiger partial charge in [0.1, 0.15) is 5.82 Å². The Kier molecular flexibility index (Phi) is 6.52. The zero-order valence-electron chi connectivity index (χ0n) is 13.8. The summed E-state index contributed by atoms with van der Waals surface area (Å²) >= 11 is 0. The molecule has 0 amide bonds. The van der Waals surface area contributed by atoms with E-state index in [9.17, 15) is 12.8 Å². The van der Waals surface area contributed by atoms with Gasteiger partial charge < -0.3 is 4.90 Å². The molecule has 0 atom stereocenters. The van der Waals surface area contributed by atoms with Gasteiger partial charge in [-0.1, -0.05) is 12.1 Å². The first-order valence-electron chi connectivity index (χ1n) is 8.11. The molecule has 130 valence electrons. The van der Waals surface area contributed by atoms with Crippen molar-refractivity contribution < 1.29 is 12.8 Å². The minimum Gasteiger partial charge on any atom is -0.301 e. The van der Waals surface area contributed by atoms with E-state index in [1.807, 2.05) is 26.0 Å². The molecule has 0 radical (unpaired) electrons. The lowest BCUT2D eigenvalue weighted by Gasteiger charge is -2.34. The molecule has 2 rings (SSSR count). The van der Waals surface area contributed by atoms with Crippen molar-refractivity contribution in [1.82, 2.24) is 13.9 Å². The molecule has 1 aromatic rings. The summed E-state index contributed by atoms with van der Waals surface area (Å²) in [5.41, 5.74) is 1.13. The van der Waals surface area contributed by atoms with E-state index in [0.717, 1.165) is 38.0 Å². The smallest absolute Gasteiger partial charge is 0.279 e. The first-order chi connectivity index (χ1) is 10.9. The predicted molar refractivity (Wildman–Crippen MR) is 89.9 cm³/mol. The number of nitrogens with one attached hydrogen (secondary N) is 1. The van der Waals surface area contributed by atoms with Crippen LogP contribution < -0.4 is 4.72 Å². The summed E-state index contributed by atoms with van der Waals surface area (Å²) in [6, 6.07) is 6.52. The van der Waals surface area contributed by atoms with Crippen molar-refractivity contribution in [2.24, 2.45) is 0 Å². The van der Waals surface area contributed by atoms with E-state index in [-0.39, 0.29) is 11.9 Å². The van der Waals surface area contributed by atoms with Gasteiger partial charge in [0.25, 0.3) is 10.2 Å². The second-order valence-electron chi connectivity index (χ2n) is 6.25. The van der Waals surface area contributed by atoms with Gasteiger partial charge in [0, 0.05) is 32.2 Å². The highest BCUT2D eigenvalue weighted by Crippen LogP contribution is 2.10. The number of hydrogen-bond acceptors (Lipinski definition) is 3. The summed E-state index contributed by atoms with van der Waals surface area (Å²) in [5, 5.41) is 0. The Balaban J connectivity index is 1.71. The molecule has 1 saturated heterocycles. The fraction of sp³-hybridized carbons (Fsp3) is 0.625. The topological polar surface area (TPSA) is 52.7 Å². The average molecular weight is 343 g/mol. The van der Waals surface area contributed by atoms with E-state index in [1.54, 1.807) is 0 Å². The van der Waals surface area contributed by atoms with E-state index >= 15 is 0 Å². The fourth-order valence-electron chi connectivity index (χ4n) is 2.72. The minimum absolute atomic E-state index is 0.0891. The van der Waals surface area contributed by atoms with Gasteiger partial charge in [0.2, 0.25) is 0 Å². The number of nitrogens with zero attached hydrogens (tertiary/aromatic N) is 2. The molecule has 1 aromatic carbocycles. The number of benzene rings is 1. The molecular weight excluding hydrogens is 317 g/mol. The summed E-state index contributed by atoms with van der Waals surface area (Å²) in [6.07, 6.45) is 1.90. The van der Waals surface area contributed by atoms with Crippen LogP contribution in [0, 0.1) is 5.82 Å². The van der Waals surface area contributed by atoms with Crippen molar-refractivity contribution in [3.8, 4) is 0 Å². The fourth-order valence-corrected chi connectivity index (χ4v) is 4.11. The summed E-state index contributed by atoms with van der Waals surface area (Å²) < 4.78 is 41.2. The van der Waals surface area contributed by atoms with Crippen molar-refractivity contribution in [2.45, 2.75) is 32.7 Å². The second-order valence-corrected chi connectivity index (χ2v) is 7.95. The molecule has 7 heteroatoms. The normalized spacial score (nSPS) is 17.7. The third-order valence-electron chi connectivity index (χ3n) is 3.91. The van der Waals surface area contributed by atoms with Gasteiger partial charge in [-0.2, -0.15) is 17.4 Å². The summed E-state index contributed by atoms with van der Waals surface area (Å²) in [7, 11) is -3.35. The molecule has 1 aliphatic rings. The van der Waals surface area contributed by atoms with Gasteiger partial charge in [-0.25, -0.2) is 4.39 Å². The predicted octanol–water partition coefficient (Wildman–Crippen LogP) is 1.62. The Hall–Kier alpha value is -1.02. The Labute approximate surface area is 138 Å². The van der Waals surface area contributed by atoms with Gasteiger partial charge in [-0.05, 0) is 50.9 Å². The first-order valence-corrected chi connectivity index (χ1v) is 9.55. The molecule has 1 fully saturated rings. The van der Waals surface area contributed by atoms with E-state index in [4.69, 9.17) is 0 Å². The molecule has 1 heterocycles. The van der Waals surface area contributed by atoms with Crippen molar-refractivity contribution in [3.63, 3.8) is 0 Å². The van der Waals surface area contributed by atoms with Crippen molar-refractivity contribution in [3.05, 3.63) is 35.6 Å². The minimum atomic E-state index is -3.35. The van der Waals surface area contributed by atoms with Crippen molar-refractivity contribution in [2.75, 3.05) is 32.7 Å². The summed E-state index contributed by atoms with van der Waals surface area (Å²) in [6.45, 7) is 7.14. The molecular formula is C16H26FN3O2S. The number of halogens is 1. The van der Waals surface area contributed by atoms with Crippen LogP contribution in [0.2, 0.25) is 0 Å². The highest BCUT2D eigenvalue weighted by atomic mass is 32.2. The van der Waals surface area contributed by atoms with Gasteiger partial charge in [-0.3, -0.25) is 0 Å². The van der Waals surface area contributed by atoms with Crippen LogP contribution in [0.25, 0.3) is 0 Å². The van der Waals surface area contributed by atoms with E-state index < -0.39 is 10.2 Å². The average Bonchev–Trinajstić information content (AvgIpc) is 2.48. The molecule has 0 unspecified atom stereocenters. The van der Waals surface area contributed by atoms with Gasteiger partial charge in [0.05, 0.1) is 0 Å². The van der Waals surface area contributed by atoms with Gasteiger partial charge >= 0.3 is 0 Å². The molecule has 1 N–H and O–H groups in total. The third-order valence-corrected chi connectivity index (χ3v) is 5.72. The van der Waals surface area contributed by atoms with Crippen LogP contribution in [0.3, 0.4) is 0 Å². The van der Waals surface area contributed by atoms with Crippen LogP contribution in [0.4, 0.5) is 4.39 Å². The lowest BCUT2D eigenvalue weighted by atomic mass is 10.1. The van der Waals surface area contributed by atoms with Crippen molar-refractivity contribution in [1.29, 1.82) is 0 Å². The number of aryl methyl sites for hydroxylation is 1. The van der Waals surface area contributed by atoms with Gasteiger partial charge in [0.15, 0.2) is 0 Å². The van der Waals surface area contributed by atoms with Crippen LogP contribution in [-0.2, 0) is 16.6 Å². The standard InChI is InChI=1S/C16H26FN3O2S/c1-14(2)18-23(21,22)20-12-10-19(11-13-20)9-3-4-15-5-7-16(17)8-6-15/h5-8,14,18H,3-4,9-13H2,1-2H3. The maximum Gasteiger partial charge on any atom is 0.279 e. The Morgan fingerprint density at radius 3 is 2.30 bits per heavy atom. The molecule has 1 aliphatic heterocycles. The number of hydrogen-bond donors (Lipinski definition) is 1. The number of piperazine rings is 1. The summed E-state index contributed by atoms with van der Waals surface area (Å²) in [5.74, 6) is -0.207. The third kappa shape index (κ3) is 5.84. The van der Waals surface area contributed by atoms with Crippen LogP contribution in [0.15, 0.2) is 24.3 Å². The molecule has 0 spiro atoms. The largest absolute Gasteiger partial charge is 0.301 e. The van der Waals surface area contributed by atoms with Crippen LogP contribution >= 0.6 is 0 Å². The monoisotopic (exact) mass is 343 g/mol. The van der Waals surface area contributed by atoms with Crippen molar-refractivity contribution >= 4 is 10.2 Å². The molecule has 0 saturated carbocycles. The quantitative estimate of drug-likeness (QED) is 0.818. The Morgan fingerprint density at radius 2 is 1.74 bits per heavy atom. The summed E-state index contributed by atoms with van der Waals surface area (Å²) in [4.78, 5) is 2.28. The SMILES string of the molecule is CC(C)NS(=O)(=O)N1CCN(CCCc2ccc(F)cc2)CC1. The second kappa shape index (κ2) is 8.19. The Morgan fingerprint density at radius 1 is 1.13 bits per heavy atom. The maximum atomic E-state index is 12.8. The Bertz CT molecular complexity index is 582. The van der Waals surface area contributed by atoms with Crippen LogP contribution in [-0.4, -0.2) is 56.4 Å². The van der Waals surface area contributed by atoms with Crippen LogP contribution in [0.1, 0.15) is 25.8 Å². The zero-order valence-corrected chi connectivity index (χ0v) is 14.7. The molecule has 23 heavy (non-hydrogen) atoms. The highest BCUT2D eigenvalue weighted by molar-refractivity contribution is 7.87. The van der Waals surface area contributed by atoms with E-state index in [2.05, 4.69) is 9.62 Å². The highest BCUT2D eigenvalue weighted by Gasteiger charge is 2.26. The molecule has 0 aliphatic carbocycles. The maximum absolute atomic E-state index is 12.8. The van der Waals surface area contributed by atoms with Gasteiger partial charge in [-0.15, -0.1) is 0 Å².